The molecule has 2 aromatic carbocycles. The summed E-state index contributed by atoms with van der Waals surface area (Å²) in [7, 11) is 0. The van der Waals surface area contributed by atoms with Gasteiger partial charge in [0.2, 0.25) is 0 Å². The van der Waals surface area contributed by atoms with Crippen LogP contribution in [-0.2, 0) is 0 Å². The summed E-state index contributed by atoms with van der Waals surface area (Å²) in [6, 6.07) is 14.2. The van der Waals surface area contributed by atoms with Crippen molar-refractivity contribution in [3.63, 3.8) is 0 Å². The van der Waals surface area contributed by atoms with Gasteiger partial charge in [-0.3, -0.25) is 4.90 Å². The van der Waals surface area contributed by atoms with Gasteiger partial charge in [0.1, 0.15) is 0 Å². The minimum atomic E-state index is -0.0271. The van der Waals surface area contributed by atoms with Gasteiger partial charge in [0, 0.05) is 18.5 Å². The first-order valence-corrected chi connectivity index (χ1v) is 6.81. The first-order chi connectivity index (χ1) is 9.27. The number of carbonyl (C=O) groups excluding carboxylic acids is 1. The number of hydrogen-bond acceptors (Lipinski definition) is 1. The molecule has 0 saturated carbocycles. The van der Waals surface area contributed by atoms with Gasteiger partial charge >= 0.3 is 6.03 Å². The normalized spacial score (nSPS) is 10.4. The maximum Gasteiger partial charge on any atom is 0.321 e. The van der Waals surface area contributed by atoms with E-state index < -0.39 is 0 Å². The number of hydrogen-bond donors (Lipinski definition) is 1. The van der Waals surface area contributed by atoms with Crippen molar-refractivity contribution < 1.29 is 4.79 Å². The molecule has 0 unspecified atom stereocenters. The van der Waals surface area contributed by atoms with Crippen LogP contribution in [0.2, 0.25) is 0 Å². The molecule has 0 aliphatic rings. The standard InChI is InChI=1S/C16H20N2O/c1-3-12-17-16(19)18(4-2)15-11-7-9-13-8-5-6-10-14(13)15/h5-11H,3-4,12H2,1-2H3,(H,17,19). The number of amides is 2. The number of anilines is 1. The van der Waals surface area contributed by atoms with Crippen LogP contribution in [0.3, 0.4) is 0 Å². The molecule has 0 saturated heterocycles. The molecule has 0 heterocycles. The van der Waals surface area contributed by atoms with E-state index >= 15 is 0 Å². The highest BCUT2D eigenvalue weighted by molar-refractivity contribution is 6.03. The van der Waals surface area contributed by atoms with Gasteiger partial charge in [0.25, 0.3) is 0 Å². The summed E-state index contributed by atoms with van der Waals surface area (Å²) >= 11 is 0. The topological polar surface area (TPSA) is 32.3 Å². The lowest BCUT2D eigenvalue weighted by Gasteiger charge is -2.23. The number of urea groups is 1. The third-order valence-corrected chi connectivity index (χ3v) is 3.15. The highest BCUT2D eigenvalue weighted by Gasteiger charge is 2.15. The van der Waals surface area contributed by atoms with Crippen LogP contribution < -0.4 is 10.2 Å². The van der Waals surface area contributed by atoms with Gasteiger partial charge in [0.05, 0.1) is 5.69 Å². The van der Waals surface area contributed by atoms with E-state index in [2.05, 4.69) is 30.4 Å². The zero-order valence-corrected chi connectivity index (χ0v) is 11.5. The van der Waals surface area contributed by atoms with E-state index in [1.165, 1.54) is 0 Å². The van der Waals surface area contributed by atoms with Gasteiger partial charge in [-0.1, -0.05) is 43.3 Å². The molecule has 0 bridgehead atoms. The molecule has 0 atom stereocenters. The third-order valence-electron chi connectivity index (χ3n) is 3.15. The molecule has 2 amide bonds. The lowest BCUT2D eigenvalue weighted by molar-refractivity contribution is 0.246. The first-order valence-electron chi connectivity index (χ1n) is 6.81. The Morgan fingerprint density at radius 2 is 1.84 bits per heavy atom. The average molecular weight is 256 g/mol. The van der Waals surface area contributed by atoms with E-state index in [1.54, 1.807) is 4.90 Å². The second kappa shape index (κ2) is 6.23. The largest absolute Gasteiger partial charge is 0.338 e. The first kappa shape index (κ1) is 13.4. The molecular weight excluding hydrogens is 236 g/mol. The van der Waals surface area contributed by atoms with E-state index in [1.807, 2.05) is 31.2 Å². The van der Waals surface area contributed by atoms with Crippen molar-refractivity contribution in [1.29, 1.82) is 0 Å². The monoisotopic (exact) mass is 256 g/mol. The van der Waals surface area contributed by atoms with Gasteiger partial charge < -0.3 is 5.32 Å². The maximum atomic E-state index is 12.2. The van der Waals surface area contributed by atoms with Crippen LogP contribution in [0.4, 0.5) is 10.5 Å². The fraction of sp³-hybridized carbons (Fsp3) is 0.312. The van der Waals surface area contributed by atoms with Crippen molar-refractivity contribution >= 4 is 22.5 Å². The van der Waals surface area contributed by atoms with E-state index in [4.69, 9.17) is 0 Å². The summed E-state index contributed by atoms with van der Waals surface area (Å²) in [5.74, 6) is 0. The van der Waals surface area contributed by atoms with Crippen LogP contribution in [-0.4, -0.2) is 19.1 Å². The summed E-state index contributed by atoms with van der Waals surface area (Å²) in [5, 5.41) is 5.20. The molecular formula is C16H20N2O. The molecule has 0 aliphatic heterocycles. The molecule has 1 N–H and O–H groups in total. The van der Waals surface area contributed by atoms with Crippen molar-refractivity contribution in [2.24, 2.45) is 0 Å². The Morgan fingerprint density at radius 3 is 2.58 bits per heavy atom. The quantitative estimate of drug-likeness (QED) is 0.887. The SMILES string of the molecule is CCCNC(=O)N(CC)c1cccc2ccccc12. The Labute approximate surface area is 114 Å². The number of nitrogens with zero attached hydrogens (tertiary/aromatic N) is 1. The molecule has 2 rings (SSSR count). The summed E-state index contributed by atoms with van der Waals surface area (Å²) in [6.45, 7) is 5.41. The second-order valence-electron chi connectivity index (χ2n) is 4.47. The van der Waals surface area contributed by atoms with E-state index in [9.17, 15) is 4.79 Å². The minimum Gasteiger partial charge on any atom is -0.338 e. The van der Waals surface area contributed by atoms with Crippen molar-refractivity contribution in [2.45, 2.75) is 20.3 Å². The fourth-order valence-corrected chi connectivity index (χ4v) is 2.19. The van der Waals surface area contributed by atoms with Crippen molar-refractivity contribution in [1.82, 2.24) is 5.32 Å². The summed E-state index contributed by atoms with van der Waals surface area (Å²) < 4.78 is 0. The Morgan fingerprint density at radius 1 is 1.11 bits per heavy atom. The molecule has 100 valence electrons. The van der Waals surface area contributed by atoms with Crippen molar-refractivity contribution in [3.05, 3.63) is 42.5 Å². The molecule has 0 fully saturated rings. The lowest BCUT2D eigenvalue weighted by Crippen LogP contribution is -2.40. The molecule has 3 nitrogen and oxygen atoms in total. The Kier molecular flexibility index (Phi) is 4.39. The van der Waals surface area contributed by atoms with E-state index in [0.29, 0.717) is 13.1 Å². The van der Waals surface area contributed by atoms with Crippen molar-refractivity contribution in [3.8, 4) is 0 Å². The summed E-state index contributed by atoms with van der Waals surface area (Å²) in [5.41, 5.74) is 0.967. The van der Waals surface area contributed by atoms with Crippen LogP contribution in [0.25, 0.3) is 10.8 Å². The molecule has 0 aliphatic carbocycles. The molecule has 0 radical (unpaired) electrons. The number of rotatable bonds is 4. The number of fused-ring (bicyclic) bond motifs is 1. The van der Waals surface area contributed by atoms with Gasteiger partial charge in [-0.2, -0.15) is 0 Å². The Bertz CT molecular complexity index is 560. The second-order valence-corrected chi connectivity index (χ2v) is 4.47. The highest BCUT2D eigenvalue weighted by Crippen LogP contribution is 2.26. The van der Waals surface area contributed by atoms with Crippen LogP contribution in [0, 0.1) is 0 Å². The summed E-state index contributed by atoms with van der Waals surface area (Å²) in [4.78, 5) is 14.0. The molecule has 2 aromatic rings. The average Bonchev–Trinajstić information content (AvgIpc) is 2.46. The van der Waals surface area contributed by atoms with Gasteiger partial charge in [-0.05, 0) is 24.8 Å². The maximum absolute atomic E-state index is 12.2. The molecule has 3 heteroatoms. The predicted octanol–water partition coefficient (Wildman–Crippen LogP) is 3.79. The smallest absolute Gasteiger partial charge is 0.321 e. The van der Waals surface area contributed by atoms with Gasteiger partial charge in [-0.25, -0.2) is 4.79 Å². The van der Waals surface area contributed by atoms with Crippen molar-refractivity contribution in [2.75, 3.05) is 18.0 Å². The number of benzene rings is 2. The van der Waals surface area contributed by atoms with Crippen LogP contribution >= 0.6 is 0 Å². The van der Waals surface area contributed by atoms with Crippen LogP contribution in [0.1, 0.15) is 20.3 Å². The zero-order valence-electron chi connectivity index (χ0n) is 11.5. The molecule has 0 spiro atoms. The fourth-order valence-electron chi connectivity index (χ4n) is 2.19. The number of carbonyl (C=O) groups is 1. The number of nitrogens with one attached hydrogen (secondary N) is 1. The van der Waals surface area contributed by atoms with Gasteiger partial charge in [-0.15, -0.1) is 0 Å². The Hall–Kier alpha value is -2.03. The minimum absolute atomic E-state index is 0.0271. The predicted molar refractivity (Wildman–Crippen MR) is 80.7 cm³/mol. The third kappa shape index (κ3) is 2.87. The van der Waals surface area contributed by atoms with Crippen LogP contribution in [0.15, 0.2) is 42.5 Å². The Balaban J connectivity index is 2.38. The van der Waals surface area contributed by atoms with E-state index in [0.717, 1.165) is 22.9 Å². The highest BCUT2D eigenvalue weighted by atomic mass is 16.2. The summed E-state index contributed by atoms with van der Waals surface area (Å²) in [6.07, 6.45) is 0.943. The van der Waals surface area contributed by atoms with Crippen LogP contribution in [0.5, 0.6) is 0 Å². The van der Waals surface area contributed by atoms with Gasteiger partial charge in [0.15, 0.2) is 0 Å². The lowest BCUT2D eigenvalue weighted by atomic mass is 10.1. The molecule has 0 aromatic heterocycles. The zero-order chi connectivity index (χ0) is 13.7. The molecule has 19 heavy (non-hydrogen) atoms. The van der Waals surface area contributed by atoms with E-state index in [-0.39, 0.29) is 6.03 Å².